The Balaban J connectivity index is 3.29. The molecule has 7 nitrogen and oxygen atoms in total. The van der Waals surface area contributed by atoms with E-state index < -0.39 is 5.03 Å². The maximum Gasteiger partial charge on any atom is 0.322 e. The first-order valence-corrected chi connectivity index (χ1v) is 4.55. The first-order valence-electron chi connectivity index (χ1n) is 4.55. The first kappa shape index (κ1) is 11.2. The van der Waals surface area contributed by atoms with Crippen molar-refractivity contribution in [2.45, 2.75) is 26.7 Å². The van der Waals surface area contributed by atoms with Crippen molar-refractivity contribution in [2.75, 3.05) is 0 Å². The fourth-order valence-corrected chi connectivity index (χ4v) is 1.01. The molecule has 0 aliphatic heterocycles. The van der Waals surface area contributed by atoms with E-state index >= 15 is 0 Å². The number of nitrogens with one attached hydrogen (secondary N) is 1. The van der Waals surface area contributed by atoms with Crippen molar-refractivity contribution in [3.8, 4) is 0 Å². The molecule has 7 heteroatoms. The number of allylic oxidation sites excluding steroid dienone is 1. The largest absolute Gasteiger partial charge is 0.322 e. The lowest BCUT2D eigenvalue weighted by Gasteiger charge is -1.96. The van der Waals surface area contributed by atoms with Gasteiger partial charge >= 0.3 is 5.62 Å². The molecule has 1 rings (SSSR count). The van der Waals surface area contributed by atoms with Crippen LogP contribution in [0.4, 0.5) is 0 Å². The van der Waals surface area contributed by atoms with E-state index in [9.17, 15) is 10.1 Å². The van der Waals surface area contributed by atoms with Crippen LogP contribution in [0.25, 0.3) is 6.20 Å². The summed E-state index contributed by atoms with van der Waals surface area (Å²) < 4.78 is 1.41. The van der Waals surface area contributed by atoms with Crippen molar-refractivity contribution in [3.05, 3.63) is 27.6 Å². The number of rotatable bonds is 3. The number of hydrogen-bond acceptors (Lipinski definition) is 3. The predicted molar refractivity (Wildman–Crippen MR) is 54.2 cm³/mol. The summed E-state index contributed by atoms with van der Waals surface area (Å²) in [5.74, 6) is 0.825. The summed E-state index contributed by atoms with van der Waals surface area (Å²) in [6.45, 7) is 5.68. The zero-order valence-electron chi connectivity index (χ0n) is 8.84. The van der Waals surface area contributed by atoms with Gasteiger partial charge in [-0.05, 0) is 6.92 Å². The maximum atomic E-state index is 10.3. The van der Waals surface area contributed by atoms with Crippen LogP contribution in [0.5, 0.6) is 0 Å². The van der Waals surface area contributed by atoms with Crippen LogP contribution in [0.3, 0.4) is 0 Å². The molecule has 0 bridgehead atoms. The second-order valence-corrected chi connectivity index (χ2v) is 3.25. The molecule has 0 aromatic carbocycles. The highest BCUT2D eigenvalue weighted by molar-refractivity contribution is 5.17. The van der Waals surface area contributed by atoms with Crippen LogP contribution in [0.1, 0.15) is 32.5 Å². The SMILES string of the molecule is C/C=C/n1[nH]c(C(C)C)n/c1=N\[N+](=O)[O-]. The molecule has 1 heterocycles. The lowest BCUT2D eigenvalue weighted by atomic mass is 10.2. The predicted octanol–water partition coefficient (Wildman–Crippen LogP) is 0.918. The molecule has 0 saturated heterocycles. The van der Waals surface area contributed by atoms with E-state index in [4.69, 9.17) is 0 Å². The summed E-state index contributed by atoms with van der Waals surface area (Å²) in [5.41, 5.74) is 0.0433. The zero-order chi connectivity index (χ0) is 11.4. The fourth-order valence-electron chi connectivity index (χ4n) is 1.01. The van der Waals surface area contributed by atoms with Crippen molar-refractivity contribution in [1.29, 1.82) is 0 Å². The number of hydrogen-bond donors (Lipinski definition) is 1. The van der Waals surface area contributed by atoms with E-state index in [0.717, 1.165) is 0 Å². The molecule has 0 aliphatic carbocycles. The van der Waals surface area contributed by atoms with E-state index in [1.165, 1.54) is 4.68 Å². The van der Waals surface area contributed by atoms with E-state index in [1.807, 2.05) is 13.8 Å². The molecule has 0 aliphatic rings. The van der Waals surface area contributed by atoms with Crippen LogP contribution in [0.2, 0.25) is 0 Å². The Hall–Kier alpha value is -1.92. The third kappa shape index (κ3) is 2.76. The third-order valence-electron chi connectivity index (χ3n) is 1.69. The molecule has 0 unspecified atom stereocenters. The highest BCUT2D eigenvalue weighted by atomic mass is 16.7. The van der Waals surface area contributed by atoms with Crippen molar-refractivity contribution >= 4 is 6.20 Å². The van der Waals surface area contributed by atoms with Gasteiger partial charge in [0.1, 0.15) is 10.9 Å². The summed E-state index contributed by atoms with van der Waals surface area (Å²) in [5, 5.41) is 15.6. The Morgan fingerprint density at radius 2 is 2.33 bits per heavy atom. The second-order valence-electron chi connectivity index (χ2n) is 3.25. The molecule has 1 aromatic heterocycles. The van der Waals surface area contributed by atoms with Crippen LogP contribution in [-0.2, 0) is 0 Å². The fraction of sp³-hybridized carbons (Fsp3) is 0.500. The van der Waals surface area contributed by atoms with E-state index in [2.05, 4.69) is 15.2 Å². The van der Waals surface area contributed by atoms with E-state index in [1.54, 1.807) is 19.2 Å². The van der Waals surface area contributed by atoms with Gasteiger partial charge < -0.3 is 0 Å². The van der Waals surface area contributed by atoms with Crippen molar-refractivity contribution < 1.29 is 5.03 Å². The molecule has 1 aromatic rings. The minimum Gasteiger partial charge on any atom is -0.278 e. The minimum atomic E-state index is -0.764. The molecule has 0 atom stereocenters. The minimum absolute atomic E-state index is 0.0433. The molecule has 0 fully saturated rings. The highest BCUT2D eigenvalue weighted by Gasteiger charge is 2.07. The monoisotopic (exact) mass is 211 g/mol. The zero-order valence-corrected chi connectivity index (χ0v) is 8.84. The van der Waals surface area contributed by atoms with Gasteiger partial charge in [-0.3, -0.25) is 5.10 Å². The van der Waals surface area contributed by atoms with E-state index in [-0.39, 0.29) is 11.5 Å². The lowest BCUT2D eigenvalue weighted by molar-refractivity contribution is -0.491. The Labute approximate surface area is 86.3 Å². The quantitative estimate of drug-likeness (QED) is 0.595. The Kier molecular flexibility index (Phi) is 3.37. The van der Waals surface area contributed by atoms with Crippen LogP contribution < -0.4 is 5.62 Å². The summed E-state index contributed by atoms with van der Waals surface area (Å²) in [4.78, 5) is 14.3. The maximum absolute atomic E-state index is 10.3. The average Bonchev–Trinajstić information content (AvgIpc) is 2.48. The lowest BCUT2D eigenvalue weighted by Crippen LogP contribution is -2.17. The van der Waals surface area contributed by atoms with Gasteiger partial charge in [-0.25, -0.2) is 14.8 Å². The first-order chi connectivity index (χ1) is 7.04. The number of aromatic nitrogens is 3. The van der Waals surface area contributed by atoms with Crippen LogP contribution >= 0.6 is 0 Å². The van der Waals surface area contributed by atoms with Gasteiger partial charge in [0.2, 0.25) is 0 Å². The summed E-state index contributed by atoms with van der Waals surface area (Å²) in [7, 11) is 0. The van der Waals surface area contributed by atoms with Crippen molar-refractivity contribution in [2.24, 2.45) is 5.10 Å². The smallest absolute Gasteiger partial charge is 0.278 e. The van der Waals surface area contributed by atoms with E-state index in [0.29, 0.717) is 5.82 Å². The van der Waals surface area contributed by atoms with Gasteiger partial charge in [0.15, 0.2) is 5.03 Å². The number of H-pyrrole nitrogens is 1. The molecule has 0 spiro atoms. The molecular formula is C8H13N5O2. The van der Waals surface area contributed by atoms with Crippen molar-refractivity contribution in [1.82, 2.24) is 14.8 Å². The number of nitro groups is 1. The number of nitrogens with zero attached hydrogens (tertiary/aromatic N) is 4. The van der Waals surface area contributed by atoms with Crippen LogP contribution in [0.15, 0.2) is 11.2 Å². The standard InChI is InChI=1S/C8H13N5O2/c1-4-5-12-8(11-13(14)15)9-7(10-12)6(2)3/h4-6H,1-3H3,(H,9,10,11)/b5-4+. The van der Waals surface area contributed by atoms with Gasteiger partial charge in [0.25, 0.3) is 0 Å². The normalized spacial score (nSPS) is 12.9. The van der Waals surface area contributed by atoms with Gasteiger partial charge in [-0.2, -0.15) is 4.98 Å². The summed E-state index contributed by atoms with van der Waals surface area (Å²) >= 11 is 0. The van der Waals surface area contributed by atoms with Gasteiger partial charge in [0.05, 0.1) is 0 Å². The van der Waals surface area contributed by atoms with Crippen LogP contribution in [0, 0.1) is 10.1 Å². The Morgan fingerprint density at radius 3 is 2.80 bits per heavy atom. The molecular weight excluding hydrogens is 198 g/mol. The topological polar surface area (TPSA) is 89.1 Å². The second kappa shape index (κ2) is 4.54. The van der Waals surface area contributed by atoms with Crippen LogP contribution in [-0.4, -0.2) is 19.8 Å². The molecule has 82 valence electrons. The summed E-state index contributed by atoms with van der Waals surface area (Å²) in [6.07, 6.45) is 3.36. The molecule has 0 radical (unpaired) electrons. The number of aromatic amines is 1. The molecule has 1 N–H and O–H groups in total. The van der Waals surface area contributed by atoms with Crippen molar-refractivity contribution in [3.63, 3.8) is 0 Å². The summed E-state index contributed by atoms with van der Waals surface area (Å²) in [6, 6.07) is 0. The molecule has 0 amide bonds. The molecule has 15 heavy (non-hydrogen) atoms. The highest BCUT2D eigenvalue weighted by Crippen LogP contribution is 2.04. The Morgan fingerprint density at radius 1 is 1.67 bits per heavy atom. The average molecular weight is 211 g/mol. The van der Waals surface area contributed by atoms with Gasteiger partial charge in [0, 0.05) is 12.1 Å². The third-order valence-corrected chi connectivity index (χ3v) is 1.69. The Bertz CT molecular complexity index is 440. The molecule has 0 saturated carbocycles. The van der Waals surface area contributed by atoms with Gasteiger partial charge in [-0.1, -0.05) is 19.9 Å². The van der Waals surface area contributed by atoms with Gasteiger partial charge in [-0.15, -0.1) is 0 Å².